The van der Waals surface area contributed by atoms with Gasteiger partial charge >= 0.3 is 0 Å². The van der Waals surface area contributed by atoms with Crippen LogP contribution in [0.1, 0.15) is 83.1 Å². The maximum Gasteiger partial charge on any atom is 0.127 e. The summed E-state index contributed by atoms with van der Waals surface area (Å²) in [5, 5.41) is 1.42. The summed E-state index contributed by atoms with van der Waals surface area (Å²) < 4.78 is 5.88. The highest BCUT2D eigenvalue weighted by atomic mass is 28.3. The molecule has 0 heterocycles. The summed E-state index contributed by atoms with van der Waals surface area (Å²) in [5.74, 6) is 0. The molecule has 0 saturated heterocycles. The van der Waals surface area contributed by atoms with E-state index in [2.05, 4.69) is 155 Å². The highest BCUT2D eigenvalue weighted by Crippen LogP contribution is 2.40. The summed E-state index contributed by atoms with van der Waals surface area (Å²) in [6, 6.07) is 0. The normalized spacial score (nSPS) is 15.6. The van der Waals surface area contributed by atoms with Crippen molar-refractivity contribution in [1.82, 2.24) is 19.1 Å². The lowest BCUT2D eigenvalue weighted by Gasteiger charge is -2.50. The third-order valence-corrected chi connectivity index (χ3v) is 32.7. The fraction of sp³-hybridized carbons (Fsp3) is 1.00. The fourth-order valence-electron chi connectivity index (χ4n) is 4.07. The minimum atomic E-state index is -1.65. The van der Waals surface area contributed by atoms with E-state index in [0.29, 0.717) is 20.2 Å². The van der Waals surface area contributed by atoms with Crippen molar-refractivity contribution in [2.45, 2.75) is 156 Å². The van der Waals surface area contributed by atoms with Crippen LogP contribution in [-0.2, 0) is 0 Å². The molecule has 0 aromatic rings. The van der Waals surface area contributed by atoms with E-state index in [1.807, 2.05) is 0 Å². The van der Waals surface area contributed by atoms with E-state index in [4.69, 9.17) is 0 Å². The predicted octanol–water partition coefficient (Wildman–Crippen LogP) is 8.79. The Bertz CT molecular complexity index is 658. The van der Waals surface area contributed by atoms with Gasteiger partial charge in [0.25, 0.3) is 0 Å². The number of nitrogens with one attached hydrogen (secondary N) is 2. The topological polar surface area (TPSA) is 30.5 Å². The van der Waals surface area contributed by atoms with Crippen molar-refractivity contribution in [3.63, 3.8) is 0 Å². The second kappa shape index (κ2) is 12.9. The third kappa shape index (κ3) is 10.2. The van der Waals surface area contributed by atoms with Crippen LogP contribution < -0.4 is 9.96 Å². The Morgan fingerprint density at radius 3 is 0.816 bits per heavy atom. The van der Waals surface area contributed by atoms with Gasteiger partial charge in [-0.25, -0.2) is 0 Å². The van der Waals surface area contributed by atoms with Crippen molar-refractivity contribution in [3.05, 3.63) is 0 Å². The lowest BCUT2D eigenvalue weighted by atomic mass is 10.2. The van der Waals surface area contributed by atoms with Gasteiger partial charge in [-0.2, -0.15) is 0 Å². The SMILES string of the molecule is CC(C)(C)[Si](C)(C)NCCN(CCN(CCN[Si](C)(C)C(C)(C)C)[Si](C)(C)C(C)(C)C)[Si](C)(C)C(C)(C)C. The minimum absolute atomic E-state index is 0.343. The van der Waals surface area contributed by atoms with Crippen molar-refractivity contribution >= 4 is 32.9 Å². The molecule has 0 aliphatic carbocycles. The van der Waals surface area contributed by atoms with Crippen LogP contribution in [0.2, 0.25) is 72.5 Å². The maximum atomic E-state index is 4.07. The summed E-state index contributed by atoms with van der Waals surface area (Å²) >= 11 is 0. The first-order valence-electron chi connectivity index (χ1n) is 15.4. The van der Waals surface area contributed by atoms with Crippen LogP contribution in [0.15, 0.2) is 0 Å². The van der Waals surface area contributed by atoms with Gasteiger partial charge in [0.05, 0.1) is 0 Å². The quantitative estimate of drug-likeness (QED) is 0.206. The van der Waals surface area contributed by atoms with Crippen molar-refractivity contribution in [3.8, 4) is 0 Å². The van der Waals surface area contributed by atoms with Gasteiger partial charge < -0.3 is 19.1 Å². The third-order valence-electron chi connectivity index (χ3n) is 11.5. The Morgan fingerprint density at radius 1 is 0.395 bits per heavy atom. The Labute approximate surface area is 246 Å². The van der Waals surface area contributed by atoms with E-state index in [1.165, 1.54) is 13.1 Å². The molecular weight excluding hydrogens is 529 g/mol. The van der Waals surface area contributed by atoms with Crippen molar-refractivity contribution in [1.29, 1.82) is 0 Å². The van der Waals surface area contributed by atoms with Crippen LogP contribution in [0.4, 0.5) is 0 Å². The summed E-state index contributed by atoms with van der Waals surface area (Å²) in [7, 11) is -6.28. The summed E-state index contributed by atoms with van der Waals surface area (Å²) in [6.07, 6.45) is 0. The van der Waals surface area contributed by atoms with Crippen LogP contribution in [-0.4, -0.2) is 81.3 Å². The lowest BCUT2D eigenvalue weighted by Crippen LogP contribution is -2.63. The van der Waals surface area contributed by atoms with Crippen LogP contribution in [0, 0.1) is 0 Å². The van der Waals surface area contributed by atoms with Crippen LogP contribution in [0.3, 0.4) is 0 Å². The van der Waals surface area contributed by atoms with Crippen molar-refractivity contribution in [2.75, 3.05) is 39.3 Å². The Kier molecular flexibility index (Phi) is 13.2. The number of hydrogen-bond donors (Lipinski definition) is 2. The van der Waals surface area contributed by atoms with E-state index < -0.39 is 32.9 Å². The van der Waals surface area contributed by atoms with E-state index in [9.17, 15) is 0 Å². The number of nitrogens with zero attached hydrogens (tertiary/aromatic N) is 2. The van der Waals surface area contributed by atoms with Gasteiger partial charge in [0, 0.05) is 39.3 Å². The van der Waals surface area contributed by atoms with E-state index in [-0.39, 0.29) is 0 Å². The monoisotopic (exact) mass is 602 g/mol. The summed E-state index contributed by atoms with van der Waals surface area (Å²) in [6.45, 7) is 56.6. The molecule has 230 valence electrons. The van der Waals surface area contributed by atoms with Crippen molar-refractivity contribution < 1.29 is 0 Å². The van der Waals surface area contributed by atoms with E-state index >= 15 is 0 Å². The van der Waals surface area contributed by atoms with Crippen LogP contribution >= 0.6 is 0 Å². The second-order valence-corrected chi connectivity index (χ2v) is 38.9. The fourth-order valence-corrected chi connectivity index (χ4v) is 11.2. The first kappa shape index (κ1) is 38.7. The van der Waals surface area contributed by atoms with Gasteiger partial charge in [-0.3, -0.25) is 0 Å². The molecule has 0 rings (SSSR count). The molecule has 0 atom stereocenters. The Morgan fingerprint density at radius 2 is 0.632 bits per heavy atom. The molecule has 0 saturated carbocycles. The smallest absolute Gasteiger partial charge is 0.127 e. The molecule has 8 heteroatoms. The number of hydrogen-bond acceptors (Lipinski definition) is 4. The van der Waals surface area contributed by atoms with Gasteiger partial charge in [-0.15, -0.1) is 0 Å². The molecule has 0 aliphatic rings. The first-order valence-corrected chi connectivity index (χ1v) is 27.3. The molecule has 0 radical (unpaired) electrons. The molecule has 0 spiro atoms. The van der Waals surface area contributed by atoms with Gasteiger partial charge in [0.1, 0.15) is 32.9 Å². The Hall–Kier alpha value is 0.708. The van der Waals surface area contributed by atoms with Crippen molar-refractivity contribution in [2.24, 2.45) is 0 Å². The molecule has 0 aromatic heterocycles. The predicted molar refractivity (Wildman–Crippen MR) is 188 cm³/mol. The molecule has 0 aromatic carbocycles. The highest BCUT2D eigenvalue weighted by molar-refractivity contribution is 6.79. The van der Waals surface area contributed by atoms with Gasteiger partial charge in [0.15, 0.2) is 0 Å². The van der Waals surface area contributed by atoms with Gasteiger partial charge in [-0.1, -0.05) is 135 Å². The molecule has 2 N–H and O–H groups in total. The molecule has 0 bridgehead atoms. The lowest BCUT2D eigenvalue weighted by molar-refractivity contribution is 0.326. The minimum Gasteiger partial charge on any atom is -0.336 e. The molecule has 0 aliphatic heterocycles. The molecule has 0 amide bonds. The van der Waals surface area contributed by atoms with Crippen LogP contribution in [0.25, 0.3) is 0 Å². The largest absolute Gasteiger partial charge is 0.336 e. The van der Waals surface area contributed by atoms with E-state index in [0.717, 1.165) is 26.2 Å². The summed E-state index contributed by atoms with van der Waals surface area (Å²) in [5.41, 5.74) is 0. The zero-order valence-electron chi connectivity index (χ0n) is 30.1. The Balaban J connectivity index is 5.90. The second-order valence-electron chi connectivity index (χ2n) is 18.2. The van der Waals surface area contributed by atoms with E-state index in [1.54, 1.807) is 0 Å². The van der Waals surface area contributed by atoms with Crippen LogP contribution in [0.5, 0.6) is 0 Å². The molecule has 0 fully saturated rings. The standard InChI is InChI=1S/C30H74N4Si4/c1-27(2,3)35(13,14)31-21-23-33(37(17,18)29(7,8)9)25-26-34(38(19,20)30(10,11)12)24-22-32-36(15,16)28(4,5)6/h31-32H,21-26H2,1-20H3. The summed E-state index contributed by atoms with van der Waals surface area (Å²) in [4.78, 5) is 8.14. The number of rotatable bonds is 13. The molecule has 4 nitrogen and oxygen atoms in total. The average Bonchev–Trinajstić information content (AvgIpc) is 2.64. The van der Waals surface area contributed by atoms with Gasteiger partial charge in [-0.05, 0) is 20.2 Å². The molecule has 0 unspecified atom stereocenters. The molecular formula is C30H74N4Si4. The van der Waals surface area contributed by atoms with Gasteiger partial charge in [0.2, 0.25) is 0 Å². The average molecular weight is 603 g/mol. The first-order chi connectivity index (χ1) is 16.4. The maximum absolute atomic E-state index is 4.07. The zero-order valence-corrected chi connectivity index (χ0v) is 34.1. The zero-order chi connectivity index (χ0) is 30.8. The highest BCUT2D eigenvalue weighted by Gasteiger charge is 2.44. The molecule has 38 heavy (non-hydrogen) atoms.